The summed E-state index contributed by atoms with van der Waals surface area (Å²) in [4.78, 5) is 4.18. The smallest absolute Gasteiger partial charge is 0.165 e. The standard InChI is InChI=1S/C13H17FN4O/c1-3-18-13(16-8-17-18)7-11(15)9-4-5-10(14)12(6-9)19-2/h4-6,8,11H,3,7,15H2,1-2H3. The Labute approximate surface area is 111 Å². The average molecular weight is 264 g/mol. The summed E-state index contributed by atoms with van der Waals surface area (Å²) in [7, 11) is 1.43. The number of aryl methyl sites for hydroxylation is 1. The molecule has 0 bridgehead atoms. The molecule has 19 heavy (non-hydrogen) atoms. The zero-order valence-electron chi connectivity index (χ0n) is 11.0. The molecule has 0 saturated heterocycles. The second kappa shape index (κ2) is 5.79. The third-order valence-electron chi connectivity index (χ3n) is 3.00. The molecule has 1 atom stereocenters. The highest BCUT2D eigenvalue weighted by molar-refractivity contribution is 5.32. The molecule has 1 heterocycles. The maximum atomic E-state index is 13.3. The molecule has 0 fully saturated rings. The van der Waals surface area contributed by atoms with Gasteiger partial charge in [-0.15, -0.1) is 0 Å². The third-order valence-corrected chi connectivity index (χ3v) is 3.00. The predicted octanol–water partition coefficient (Wildman–Crippen LogP) is 1.69. The van der Waals surface area contributed by atoms with Gasteiger partial charge in [0.25, 0.3) is 0 Å². The van der Waals surface area contributed by atoms with Crippen LogP contribution in [0, 0.1) is 5.82 Å². The monoisotopic (exact) mass is 264 g/mol. The average Bonchev–Trinajstić information content (AvgIpc) is 2.86. The van der Waals surface area contributed by atoms with Gasteiger partial charge in [0.15, 0.2) is 11.6 Å². The summed E-state index contributed by atoms with van der Waals surface area (Å²) >= 11 is 0. The van der Waals surface area contributed by atoms with Gasteiger partial charge in [0.2, 0.25) is 0 Å². The zero-order chi connectivity index (χ0) is 13.8. The van der Waals surface area contributed by atoms with Crippen molar-refractivity contribution in [1.29, 1.82) is 0 Å². The number of hydrogen-bond donors (Lipinski definition) is 1. The molecule has 2 N–H and O–H groups in total. The molecule has 2 rings (SSSR count). The fraction of sp³-hybridized carbons (Fsp3) is 0.385. The van der Waals surface area contributed by atoms with E-state index in [0.717, 1.165) is 17.9 Å². The van der Waals surface area contributed by atoms with Gasteiger partial charge in [0, 0.05) is 19.0 Å². The van der Waals surface area contributed by atoms with Gasteiger partial charge in [-0.25, -0.2) is 9.37 Å². The molecule has 6 heteroatoms. The second-order valence-corrected chi connectivity index (χ2v) is 4.20. The first kappa shape index (κ1) is 13.5. The van der Waals surface area contributed by atoms with Crippen LogP contribution in [0.25, 0.3) is 0 Å². The Bertz CT molecular complexity index is 555. The largest absolute Gasteiger partial charge is 0.494 e. The summed E-state index contributed by atoms with van der Waals surface area (Å²) in [5, 5.41) is 4.09. The Morgan fingerprint density at radius 1 is 1.47 bits per heavy atom. The fourth-order valence-corrected chi connectivity index (χ4v) is 1.93. The van der Waals surface area contributed by atoms with E-state index in [-0.39, 0.29) is 11.8 Å². The molecule has 5 nitrogen and oxygen atoms in total. The number of ether oxygens (including phenoxy) is 1. The summed E-state index contributed by atoms with van der Waals surface area (Å²) in [6.45, 7) is 2.74. The maximum absolute atomic E-state index is 13.3. The number of benzene rings is 1. The van der Waals surface area contributed by atoms with Gasteiger partial charge in [-0.3, -0.25) is 4.68 Å². The Kier molecular flexibility index (Phi) is 4.11. The molecule has 0 radical (unpaired) electrons. The molecule has 1 aromatic carbocycles. The molecule has 102 valence electrons. The van der Waals surface area contributed by atoms with E-state index < -0.39 is 5.82 Å². The van der Waals surface area contributed by atoms with E-state index >= 15 is 0 Å². The van der Waals surface area contributed by atoms with E-state index in [2.05, 4.69) is 10.1 Å². The van der Waals surface area contributed by atoms with Gasteiger partial charge in [0.05, 0.1) is 7.11 Å². The lowest BCUT2D eigenvalue weighted by Gasteiger charge is -2.13. The number of methoxy groups -OCH3 is 1. The molecular weight excluding hydrogens is 247 g/mol. The van der Waals surface area contributed by atoms with Crippen molar-refractivity contribution < 1.29 is 9.13 Å². The molecular formula is C13H17FN4O. The van der Waals surface area contributed by atoms with Crippen LogP contribution in [0.15, 0.2) is 24.5 Å². The lowest BCUT2D eigenvalue weighted by Crippen LogP contribution is -2.17. The van der Waals surface area contributed by atoms with Crippen LogP contribution in [0.2, 0.25) is 0 Å². The van der Waals surface area contributed by atoms with Crippen molar-refractivity contribution in [3.63, 3.8) is 0 Å². The normalized spacial score (nSPS) is 12.4. The van der Waals surface area contributed by atoms with Crippen LogP contribution in [0.4, 0.5) is 4.39 Å². The van der Waals surface area contributed by atoms with Crippen molar-refractivity contribution in [2.75, 3.05) is 7.11 Å². The number of aromatic nitrogens is 3. The van der Waals surface area contributed by atoms with Crippen LogP contribution >= 0.6 is 0 Å². The first-order chi connectivity index (χ1) is 9.15. The molecule has 1 unspecified atom stereocenters. The van der Waals surface area contributed by atoms with Crippen molar-refractivity contribution in [2.24, 2.45) is 5.73 Å². The lowest BCUT2D eigenvalue weighted by atomic mass is 10.0. The van der Waals surface area contributed by atoms with E-state index in [1.54, 1.807) is 16.8 Å². The van der Waals surface area contributed by atoms with Crippen LogP contribution in [0.3, 0.4) is 0 Å². The van der Waals surface area contributed by atoms with Gasteiger partial charge in [-0.1, -0.05) is 6.07 Å². The number of hydrogen-bond acceptors (Lipinski definition) is 4. The first-order valence-corrected chi connectivity index (χ1v) is 6.11. The number of nitrogens with two attached hydrogens (primary N) is 1. The van der Waals surface area contributed by atoms with E-state index in [1.165, 1.54) is 19.5 Å². The highest BCUT2D eigenvalue weighted by atomic mass is 19.1. The quantitative estimate of drug-likeness (QED) is 0.892. The van der Waals surface area contributed by atoms with Crippen molar-refractivity contribution in [3.05, 3.63) is 41.7 Å². The lowest BCUT2D eigenvalue weighted by molar-refractivity contribution is 0.385. The van der Waals surface area contributed by atoms with Gasteiger partial charge in [-0.05, 0) is 24.6 Å². The summed E-state index contributed by atoms with van der Waals surface area (Å²) in [5.41, 5.74) is 6.93. The molecule has 0 aliphatic carbocycles. The summed E-state index contributed by atoms with van der Waals surface area (Å²) < 4.78 is 20.1. The van der Waals surface area contributed by atoms with E-state index in [9.17, 15) is 4.39 Å². The molecule has 0 amide bonds. The predicted molar refractivity (Wildman–Crippen MR) is 69.3 cm³/mol. The number of halogens is 1. The van der Waals surface area contributed by atoms with Gasteiger partial charge >= 0.3 is 0 Å². The van der Waals surface area contributed by atoms with Gasteiger partial charge in [-0.2, -0.15) is 5.10 Å². The van der Waals surface area contributed by atoms with Gasteiger partial charge in [0.1, 0.15) is 12.2 Å². The minimum Gasteiger partial charge on any atom is -0.494 e. The molecule has 1 aromatic heterocycles. The molecule has 0 aliphatic rings. The Hall–Kier alpha value is -1.95. The first-order valence-electron chi connectivity index (χ1n) is 6.11. The summed E-state index contributed by atoms with van der Waals surface area (Å²) in [6, 6.07) is 4.37. The summed E-state index contributed by atoms with van der Waals surface area (Å²) in [6.07, 6.45) is 2.05. The Morgan fingerprint density at radius 3 is 2.95 bits per heavy atom. The van der Waals surface area contributed by atoms with Crippen molar-refractivity contribution in [2.45, 2.75) is 25.9 Å². The van der Waals surface area contributed by atoms with Crippen LogP contribution in [-0.2, 0) is 13.0 Å². The molecule has 0 aliphatic heterocycles. The van der Waals surface area contributed by atoms with Crippen molar-refractivity contribution in [3.8, 4) is 5.75 Å². The molecule has 2 aromatic rings. The van der Waals surface area contributed by atoms with Gasteiger partial charge < -0.3 is 10.5 Å². The highest BCUT2D eigenvalue weighted by Crippen LogP contribution is 2.23. The van der Waals surface area contributed by atoms with Crippen molar-refractivity contribution in [1.82, 2.24) is 14.8 Å². The SMILES string of the molecule is CCn1ncnc1CC(N)c1ccc(F)c(OC)c1. The maximum Gasteiger partial charge on any atom is 0.165 e. The summed E-state index contributed by atoms with van der Waals surface area (Å²) in [5.74, 6) is 0.623. The van der Waals surface area contributed by atoms with Crippen LogP contribution in [-0.4, -0.2) is 21.9 Å². The van der Waals surface area contributed by atoms with Crippen LogP contribution in [0.1, 0.15) is 24.4 Å². The van der Waals surface area contributed by atoms with Crippen LogP contribution < -0.4 is 10.5 Å². The minimum atomic E-state index is -0.393. The Morgan fingerprint density at radius 2 is 2.26 bits per heavy atom. The van der Waals surface area contributed by atoms with E-state index in [4.69, 9.17) is 10.5 Å². The fourth-order valence-electron chi connectivity index (χ4n) is 1.93. The van der Waals surface area contributed by atoms with E-state index in [1.807, 2.05) is 6.92 Å². The molecule has 0 spiro atoms. The molecule has 0 saturated carbocycles. The van der Waals surface area contributed by atoms with Crippen LogP contribution in [0.5, 0.6) is 5.75 Å². The zero-order valence-corrected chi connectivity index (χ0v) is 11.0. The number of nitrogens with zero attached hydrogens (tertiary/aromatic N) is 3. The van der Waals surface area contributed by atoms with E-state index in [0.29, 0.717) is 6.42 Å². The number of rotatable bonds is 5. The minimum absolute atomic E-state index is 0.199. The third kappa shape index (κ3) is 2.90. The highest BCUT2D eigenvalue weighted by Gasteiger charge is 2.13. The topological polar surface area (TPSA) is 66.0 Å². The van der Waals surface area contributed by atoms with Crippen molar-refractivity contribution >= 4 is 0 Å². The Balaban J connectivity index is 2.18. The second-order valence-electron chi connectivity index (χ2n) is 4.20.